The van der Waals surface area contributed by atoms with Gasteiger partial charge in [0.05, 0.1) is 24.0 Å². The van der Waals surface area contributed by atoms with Gasteiger partial charge in [0, 0.05) is 25.2 Å². The van der Waals surface area contributed by atoms with E-state index in [0.717, 1.165) is 11.3 Å². The number of aromatic nitrogens is 8. The van der Waals surface area contributed by atoms with Crippen LogP contribution >= 0.6 is 0 Å². The Bertz CT molecular complexity index is 2930. The van der Waals surface area contributed by atoms with Crippen molar-refractivity contribution in [2.45, 2.75) is 60.5 Å². The maximum atomic E-state index is 13.9. The topological polar surface area (TPSA) is 246 Å². The van der Waals surface area contributed by atoms with Crippen molar-refractivity contribution in [2.24, 2.45) is 11.5 Å². The number of imidazole rings is 2. The van der Waals surface area contributed by atoms with E-state index in [0.29, 0.717) is 69.4 Å². The molecule has 0 unspecified atom stereocenters. The first-order valence-electron chi connectivity index (χ1n) is 19.9. The van der Waals surface area contributed by atoms with Gasteiger partial charge >= 0.3 is 173 Å². The molecule has 0 saturated heterocycles. The van der Waals surface area contributed by atoms with E-state index >= 15 is 0 Å². The second-order valence-corrected chi connectivity index (χ2v) is 16.0. The van der Waals surface area contributed by atoms with Gasteiger partial charge in [0.1, 0.15) is 22.7 Å². The van der Waals surface area contributed by atoms with Crippen LogP contribution in [0.5, 0.6) is 11.5 Å². The number of anilines is 3. The van der Waals surface area contributed by atoms with Gasteiger partial charge in [0.2, 0.25) is 11.9 Å². The number of carbonyl (C=O) groups excluding carboxylic acids is 4. The zero-order valence-corrected chi connectivity index (χ0v) is 37.7. The number of nitrogens with zero attached hydrogens (tertiary/aromatic N) is 8. The van der Waals surface area contributed by atoms with E-state index < -0.39 is 23.6 Å². The minimum absolute atomic E-state index is 0.149. The summed E-state index contributed by atoms with van der Waals surface area (Å²) in [5.74, 6) is -1.23. The number of hydrogen-bond donors (Lipinski definition) is 5. The van der Waals surface area contributed by atoms with E-state index in [1.165, 1.54) is 19.2 Å². The van der Waals surface area contributed by atoms with E-state index in [1.54, 1.807) is 56.6 Å². The monoisotopic (exact) mass is 968 g/mol. The molecule has 7 aromatic rings. The first-order valence-corrected chi connectivity index (χ1v) is 23.1. The summed E-state index contributed by atoms with van der Waals surface area (Å²) in [7, 11) is 1.46. The van der Waals surface area contributed by atoms with E-state index in [-0.39, 0.29) is 64.2 Å². The molecule has 328 valence electrons. The number of primary amides is 2. The molecule has 3 aromatic carbocycles. The van der Waals surface area contributed by atoms with Crippen LogP contribution in [0.25, 0.3) is 22.1 Å². The molecule has 0 bridgehead atoms. The summed E-state index contributed by atoms with van der Waals surface area (Å²) in [6, 6.07) is 17.4. The third kappa shape index (κ3) is 9.34. The van der Waals surface area contributed by atoms with Crippen molar-refractivity contribution >= 4 is 63.3 Å². The standard InChI is InChI=1S/C43H47IN13O6/c1-7-56-32(16-24(3)52-56)40(60)49-42-47-30-19-27(38(45)58)21-34(62-6)36(30)54(42)14-9-10-15-55-37-31(48-43(55)50-41(61)33-17-25(4)53-57(33)8-2)20-28(39(46)59)22-35(37)63-23-26-12-11-13-29(18-26)51-44-5/h9-13,16-22,51H,7-8,14-15,23H2,1-6H3,(H2,45,58)(H2,46,59)(H,47,49,60)(H,48,50,61)/q-1/b10-9+. The van der Waals surface area contributed by atoms with Crippen molar-refractivity contribution < 1.29 is 50.1 Å². The van der Waals surface area contributed by atoms with E-state index in [1.807, 2.05) is 50.3 Å². The maximum absolute atomic E-state index is 13.9. The van der Waals surface area contributed by atoms with E-state index in [9.17, 15) is 19.2 Å². The van der Waals surface area contributed by atoms with Crippen LogP contribution < -0.4 is 56.6 Å². The van der Waals surface area contributed by atoms with Crippen LogP contribution in [0.3, 0.4) is 0 Å². The van der Waals surface area contributed by atoms with Crippen molar-refractivity contribution in [2.75, 3.05) is 26.2 Å². The number of fused-ring (bicyclic) bond motifs is 2. The second kappa shape index (κ2) is 18.8. The molecule has 0 atom stereocenters. The molecule has 20 heteroatoms. The fourth-order valence-corrected chi connectivity index (χ4v) is 8.13. The van der Waals surface area contributed by atoms with Gasteiger partial charge in [-0.15, -0.1) is 0 Å². The molecule has 0 spiro atoms. The zero-order chi connectivity index (χ0) is 44.9. The zero-order valence-electron chi connectivity index (χ0n) is 35.5. The summed E-state index contributed by atoms with van der Waals surface area (Å²) in [6.45, 7) is 8.79. The normalized spacial score (nSPS) is 11.5. The quantitative estimate of drug-likeness (QED) is 0.0361. The number of carbonyl (C=O) groups is 4. The van der Waals surface area contributed by atoms with Crippen LogP contribution in [-0.4, -0.2) is 74.3 Å². The molecule has 0 fully saturated rings. The van der Waals surface area contributed by atoms with Crippen molar-refractivity contribution in [3.05, 3.63) is 112 Å². The van der Waals surface area contributed by atoms with Gasteiger partial charge in [-0.3, -0.25) is 29.1 Å². The van der Waals surface area contributed by atoms with E-state index in [4.69, 9.17) is 30.9 Å². The van der Waals surface area contributed by atoms with Crippen LogP contribution in [0.1, 0.15) is 72.5 Å². The van der Waals surface area contributed by atoms with Gasteiger partial charge in [-0.05, 0) is 52.0 Å². The Balaban J connectivity index is 1.29. The van der Waals surface area contributed by atoms with Gasteiger partial charge in [0.25, 0.3) is 5.91 Å². The summed E-state index contributed by atoms with van der Waals surface area (Å²) in [4.78, 5) is 64.0. The van der Waals surface area contributed by atoms with Gasteiger partial charge in [-0.25, -0.2) is 4.98 Å². The summed E-state index contributed by atoms with van der Waals surface area (Å²) in [6.07, 6.45) is 3.70. The number of nitrogens with two attached hydrogens (primary N) is 2. The van der Waals surface area contributed by atoms with Crippen molar-refractivity contribution in [3.63, 3.8) is 0 Å². The van der Waals surface area contributed by atoms with Crippen LogP contribution in [-0.2, 0) is 32.8 Å². The molecule has 4 aromatic heterocycles. The Morgan fingerprint density at radius 3 is 1.71 bits per heavy atom. The summed E-state index contributed by atoms with van der Waals surface area (Å²) >= 11 is -0.206. The number of methoxy groups -OCH3 is 1. The first-order chi connectivity index (χ1) is 30.3. The molecular weight excluding hydrogens is 921 g/mol. The average molecular weight is 969 g/mol. The molecule has 7 N–H and O–H groups in total. The molecule has 4 amide bonds. The number of aryl methyl sites for hydroxylation is 4. The second-order valence-electron chi connectivity index (χ2n) is 14.3. The first kappa shape index (κ1) is 43.8. The molecule has 0 aliphatic carbocycles. The Hall–Kier alpha value is -7.23. The fraction of sp³-hybridized carbons (Fsp3) is 0.256. The van der Waals surface area contributed by atoms with Crippen LogP contribution in [0, 0.1) is 13.8 Å². The molecule has 4 heterocycles. The molecule has 63 heavy (non-hydrogen) atoms. The summed E-state index contributed by atoms with van der Waals surface area (Å²) in [5.41, 5.74) is 17.4. The van der Waals surface area contributed by atoms with Gasteiger partial charge in [-0.2, -0.15) is 10.2 Å². The van der Waals surface area contributed by atoms with E-state index in [2.05, 4.69) is 29.3 Å². The molecule has 7 rings (SSSR count). The third-order valence-corrected chi connectivity index (χ3v) is 11.2. The number of amides is 4. The summed E-state index contributed by atoms with van der Waals surface area (Å²) < 4.78 is 22.3. The van der Waals surface area contributed by atoms with Crippen LogP contribution in [0.4, 0.5) is 17.6 Å². The number of alkyl halides is 1. The Morgan fingerprint density at radius 2 is 1.24 bits per heavy atom. The van der Waals surface area contributed by atoms with Crippen molar-refractivity contribution in [3.8, 4) is 11.5 Å². The molecular formula is C43H47IN13O6-. The predicted molar refractivity (Wildman–Crippen MR) is 234 cm³/mol. The predicted octanol–water partition coefficient (Wildman–Crippen LogP) is 2.03. The molecule has 0 saturated carbocycles. The third-order valence-electron chi connectivity index (χ3n) is 9.99. The number of ether oxygens (including phenoxy) is 2. The number of nitrogens with one attached hydrogen (secondary N) is 3. The molecule has 0 aliphatic heterocycles. The SMILES string of the molecule is CCn1nc(C)cc1C(=O)Nc1nc2cc(C(N)=O)cc(OC)c2n1C/C=C/Cn1c(NC(=O)c2cc(C)nn2CC)nc2cc(C(N)=O)cc(OCc3cccc(N[I-]C)c3)c21. The van der Waals surface area contributed by atoms with Gasteiger partial charge < -0.3 is 15.0 Å². The van der Waals surface area contributed by atoms with Crippen LogP contribution in [0.2, 0.25) is 0 Å². The fourth-order valence-electron chi connectivity index (χ4n) is 7.18. The number of allylic oxidation sites excluding steroid dienone is 2. The molecule has 0 aliphatic rings. The Kier molecular flexibility index (Phi) is 13.1. The van der Waals surface area contributed by atoms with Gasteiger partial charge in [0.15, 0.2) is 0 Å². The van der Waals surface area contributed by atoms with Crippen LogP contribution in [0.15, 0.2) is 72.8 Å². The Labute approximate surface area is 372 Å². The van der Waals surface area contributed by atoms with Crippen molar-refractivity contribution in [1.29, 1.82) is 0 Å². The Morgan fingerprint density at radius 1 is 0.730 bits per heavy atom. The number of benzene rings is 3. The van der Waals surface area contributed by atoms with Crippen molar-refractivity contribution in [1.82, 2.24) is 38.7 Å². The van der Waals surface area contributed by atoms with Gasteiger partial charge in [-0.1, -0.05) is 0 Å². The number of hydrogen-bond acceptors (Lipinski definition) is 11. The summed E-state index contributed by atoms with van der Waals surface area (Å²) in [5, 5.41) is 14.7. The number of halogens is 1. The average Bonchev–Trinajstić information content (AvgIpc) is 4.03. The number of rotatable bonds is 18. The minimum atomic E-state index is -0.676. The molecule has 19 nitrogen and oxygen atoms in total. The molecule has 0 radical (unpaired) electrons.